The summed E-state index contributed by atoms with van der Waals surface area (Å²) < 4.78 is 1.36. The van der Waals surface area contributed by atoms with E-state index < -0.39 is 0 Å². The molecule has 1 unspecified atom stereocenters. The lowest BCUT2D eigenvalue weighted by Crippen LogP contribution is -2.40. The van der Waals surface area contributed by atoms with Crippen molar-refractivity contribution in [3.05, 3.63) is 69.1 Å². The van der Waals surface area contributed by atoms with Crippen molar-refractivity contribution in [2.45, 2.75) is 25.3 Å². The molecule has 0 bridgehead atoms. The highest BCUT2D eigenvalue weighted by molar-refractivity contribution is 7.13. The molecule has 2 heterocycles. The van der Waals surface area contributed by atoms with Gasteiger partial charge in [0.05, 0.1) is 5.69 Å². The molecule has 1 N–H and O–H groups in total. The van der Waals surface area contributed by atoms with Gasteiger partial charge in [-0.05, 0) is 24.8 Å². The number of hydrogen-bond acceptors (Lipinski definition) is 5. The van der Waals surface area contributed by atoms with E-state index in [1.165, 1.54) is 16.0 Å². The van der Waals surface area contributed by atoms with Crippen molar-refractivity contribution in [3.63, 3.8) is 0 Å². The second-order valence-electron chi connectivity index (χ2n) is 6.40. The normalized spacial score (nSPS) is 16.1. The van der Waals surface area contributed by atoms with Gasteiger partial charge in [-0.2, -0.15) is 5.10 Å². The molecule has 26 heavy (non-hydrogen) atoms. The standard InChI is InChI=1S/C19H18N4O2S/c1-23-17(24)10-13-9-14(7-8-15(13)22-23)20-18(25)16-11-26-19(21-16)12-5-3-2-4-6-12/h2-6,10-11,14H,7-9H2,1H3,(H,20,25). The van der Waals surface area contributed by atoms with Crippen LogP contribution in [0.2, 0.25) is 0 Å². The molecular weight excluding hydrogens is 348 g/mol. The smallest absolute Gasteiger partial charge is 0.271 e. The second-order valence-corrected chi connectivity index (χ2v) is 7.25. The Hall–Kier alpha value is -2.80. The second kappa shape index (κ2) is 6.84. The number of rotatable bonds is 3. The molecule has 0 spiro atoms. The van der Waals surface area contributed by atoms with Crippen LogP contribution in [-0.2, 0) is 19.9 Å². The summed E-state index contributed by atoms with van der Waals surface area (Å²) in [4.78, 5) is 28.8. The van der Waals surface area contributed by atoms with E-state index in [1.54, 1.807) is 18.5 Å². The number of benzene rings is 1. The highest BCUT2D eigenvalue weighted by Crippen LogP contribution is 2.24. The zero-order valence-corrected chi connectivity index (χ0v) is 15.1. The molecule has 0 radical (unpaired) electrons. The molecule has 6 nitrogen and oxygen atoms in total. The van der Waals surface area contributed by atoms with Gasteiger partial charge >= 0.3 is 0 Å². The van der Waals surface area contributed by atoms with Crippen LogP contribution < -0.4 is 10.9 Å². The molecule has 1 aliphatic rings. The molecule has 0 saturated carbocycles. The molecular formula is C19H18N4O2S. The fourth-order valence-corrected chi connectivity index (χ4v) is 3.97. The van der Waals surface area contributed by atoms with Crippen LogP contribution in [0.25, 0.3) is 10.6 Å². The van der Waals surface area contributed by atoms with Gasteiger partial charge < -0.3 is 5.32 Å². The highest BCUT2D eigenvalue weighted by Gasteiger charge is 2.23. The van der Waals surface area contributed by atoms with Gasteiger partial charge in [0.25, 0.3) is 11.5 Å². The molecule has 0 saturated heterocycles. The summed E-state index contributed by atoms with van der Waals surface area (Å²) in [5.41, 5.74) is 3.18. The minimum atomic E-state index is -0.173. The zero-order valence-electron chi connectivity index (χ0n) is 14.3. The van der Waals surface area contributed by atoms with Gasteiger partial charge in [-0.1, -0.05) is 30.3 Å². The maximum atomic E-state index is 12.5. The van der Waals surface area contributed by atoms with E-state index in [0.717, 1.165) is 34.7 Å². The Bertz CT molecular complexity index is 1010. The van der Waals surface area contributed by atoms with Crippen molar-refractivity contribution in [1.29, 1.82) is 0 Å². The first-order valence-electron chi connectivity index (χ1n) is 8.48. The van der Waals surface area contributed by atoms with Crippen molar-refractivity contribution >= 4 is 17.2 Å². The van der Waals surface area contributed by atoms with Crippen LogP contribution in [0.3, 0.4) is 0 Å². The van der Waals surface area contributed by atoms with Crippen molar-refractivity contribution in [2.24, 2.45) is 7.05 Å². The zero-order chi connectivity index (χ0) is 18.1. The fourth-order valence-electron chi connectivity index (χ4n) is 3.16. The largest absolute Gasteiger partial charge is 0.348 e. The highest BCUT2D eigenvalue weighted by atomic mass is 32.1. The summed E-state index contributed by atoms with van der Waals surface area (Å²) in [5.74, 6) is -0.173. The predicted molar refractivity (Wildman–Crippen MR) is 100 cm³/mol. The molecule has 1 aliphatic carbocycles. The maximum Gasteiger partial charge on any atom is 0.271 e. The molecule has 0 fully saturated rings. The van der Waals surface area contributed by atoms with Crippen LogP contribution in [0, 0.1) is 0 Å². The summed E-state index contributed by atoms with van der Waals surface area (Å²) in [6, 6.07) is 11.4. The van der Waals surface area contributed by atoms with Crippen molar-refractivity contribution < 1.29 is 4.79 Å². The van der Waals surface area contributed by atoms with Gasteiger partial charge in [-0.15, -0.1) is 11.3 Å². The Morgan fingerprint density at radius 1 is 1.31 bits per heavy atom. The molecule has 4 rings (SSSR count). The molecule has 1 aromatic carbocycles. The Labute approximate surface area is 154 Å². The lowest BCUT2D eigenvalue weighted by molar-refractivity contribution is 0.0929. The van der Waals surface area contributed by atoms with Gasteiger partial charge in [0.1, 0.15) is 10.7 Å². The summed E-state index contributed by atoms with van der Waals surface area (Å²) in [6.07, 6.45) is 2.18. The summed E-state index contributed by atoms with van der Waals surface area (Å²) >= 11 is 1.46. The number of amides is 1. The van der Waals surface area contributed by atoms with Crippen LogP contribution in [0.5, 0.6) is 0 Å². The Kier molecular flexibility index (Phi) is 4.38. The van der Waals surface area contributed by atoms with Crippen LogP contribution in [0.1, 0.15) is 28.2 Å². The summed E-state index contributed by atoms with van der Waals surface area (Å²) in [6.45, 7) is 0. The van der Waals surface area contributed by atoms with E-state index in [-0.39, 0.29) is 17.5 Å². The fraction of sp³-hybridized carbons (Fsp3) is 0.263. The van der Waals surface area contributed by atoms with Gasteiger partial charge in [0.2, 0.25) is 0 Å². The lowest BCUT2D eigenvalue weighted by atomic mass is 9.92. The number of nitrogens with one attached hydrogen (secondary N) is 1. The number of fused-ring (bicyclic) bond motifs is 1. The molecule has 132 valence electrons. The van der Waals surface area contributed by atoms with Crippen molar-refractivity contribution in [3.8, 4) is 10.6 Å². The van der Waals surface area contributed by atoms with E-state index >= 15 is 0 Å². The lowest BCUT2D eigenvalue weighted by Gasteiger charge is -2.24. The van der Waals surface area contributed by atoms with Crippen molar-refractivity contribution in [1.82, 2.24) is 20.1 Å². The Balaban J connectivity index is 1.46. The van der Waals surface area contributed by atoms with Crippen LogP contribution >= 0.6 is 11.3 Å². The summed E-state index contributed by atoms with van der Waals surface area (Å²) in [5, 5.41) is 9.96. The van der Waals surface area contributed by atoms with Crippen LogP contribution in [-0.4, -0.2) is 26.7 Å². The number of aryl methyl sites for hydroxylation is 2. The third kappa shape index (κ3) is 3.30. The predicted octanol–water partition coefficient (Wildman–Crippen LogP) is 2.19. The van der Waals surface area contributed by atoms with Crippen LogP contribution in [0.4, 0.5) is 0 Å². The number of thiazole rings is 1. The SMILES string of the molecule is Cn1nc2c(cc1=O)CC(NC(=O)c1csc(-c3ccccc3)n1)CC2. The first kappa shape index (κ1) is 16.7. The maximum absolute atomic E-state index is 12.5. The summed E-state index contributed by atoms with van der Waals surface area (Å²) in [7, 11) is 1.66. The van der Waals surface area contributed by atoms with E-state index in [0.29, 0.717) is 12.1 Å². The Morgan fingerprint density at radius 2 is 2.12 bits per heavy atom. The average Bonchev–Trinajstić information content (AvgIpc) is 3.14. The number of carbonyl (C=O) groups is 1. The quantitative estimate of drug-likeness (QED) is 0.771. The molecule has 7 heteroatoms. The number of hydrogen-bond donors (Lipinski definition) is 1. The molecule has 3 aromatic rings. The van der Waals surface area contributed by atoms with Gasteiger partial charge in [0.15, 0.2) is 0 Å². The third-order valence-electron chi connectivity index (χ3n) is 4.55. The van der Waals surface area contributed by atoms with Gasteiger partial charge in [-0.25, -0.2) is 9.67 Å². The first-order valence-corrected chi connectivity index (χ1v) is 9.36. The van der Waals surface area contributed by atoms with E-state index in [1.807, 2.05) is 30.3 Å². The third-order valence-corrected chi connectivity index (χ3v) is 5.44. The van der Waals surface area contributed by atoms with Crippen molar-refractivity contribution in [2.75, 3.05) is 0 Å². The molecule has 1 amide bonds. The molecule has 0 aliphatic heterocycles. The van der Waals surface area contributed by atoms with E-state index in [9.17, 15) is 9.59 Å². The van der Waals surface area contributed by atoms with Crippen LogP contribution in [0.15, 0.2) is 46.6 Å². The number of aromatic nitrogens is 3. The first-order chi connectivity index (χ1) is 12.6. The van der Waals surface area contributed by atoms with Gasteiger partial charge in [-0.3, -0.25) is 9.59 Å². The van der Waals surface area contributed by atoms with Gasteiger partial charge in [0, 0.05) is 30.1 Å². The topological polar surface area (TPSA) is 76.9 Å². The molecule has 2 aromatic heterocycles. The number of nitrogens with zero attached hydrogens (tertiary/aromatic N) is 3. The minimum absolute atomic E-state index is 0.00854. The number of carbonyl (C=O) groups excluding carboxylic acids is 1. The van der Waals surface area contributed by atoms with E-state index in [2.05, 4.69) is 15.4 Å². The average molecular weight is 366 g/mol. The van der Waals surface area contributed by atoms with E-state index in [4.69, 9.17) is 0 Å². The molecule has 1 atom stereocenters. The Morgan fingerprint density at radius 3 is 2.92 bits per heavy atom. The minimum Gasteiger partial charge on any atom is -0.348 e. The monoisotopic (exact) mass is 366 g/mol.